The summed E-state index contributed by atoms with van der Waals surface area (Å²) in [5.41, 5.74) is 2.25. The van der Waals surface area contributed by atoms with Crippen LogP contribution in [0.3, 0.4) is 0 Å². The van der Waals surface area contributed by atoms with Gasteiger partial charge < -0.3 is 10.1 Å². The third-order valence-corrected chi connectivity index (χ3v) is 6.85. The molecule has 138 valence electrons. The van der Waals surface area contributed by atoms with Crippen molar-refractivity contribution in [1.29, 1.82) is 0 Å². The molecule has 2 rings (SSSR count). The number of benzene rings is 1. The van der Waals surface area contributed by atoms with Gasteiger partial charge in [-0.15, -0.1) is 11.8 Å². The van der Waals surface area contributed by atoms with Crippen LogP contribution in [0.2, 0.25) is 0 Å². The zero-order chi connectivity index (χ0) is 18.6. The number of ether oxygens (including phenoxy) is 1. The van der Waals surface area contributed by atoms with Gasteiger partial charge in [-0.2, -0.15) is 0 Å². The molecule has 0 radical (unpaired) electrons. The number of hydrogen-bond donors (Lipinski definition) is 1. The van der Waals surface area contributed by atoms with E-state index in [-0.39, 0.29) is 17.3 Å². The summed E-state index contributed by atoms with van der Waals surface area (Å²) in [5, 5.41) is 2.63. The molecule has 6 nitrogen and oxygen atoms in total. The first-order chi connectivity index (χ1) is 11.7. The molecule has 1 aromatic rings. The minimum absolute atomic E-state index is 0.0536. The summed E-state index contributed by atoms with van der Waals surface area (Å²) in [6.07, 6.45) is -0.549. The average molecular weight is 386 g/mol. The predicted octanol–water partition coefficient (Wildman–Crippen LogP) is 1.63. The van der Waals surface area contributed by atoms with Crippen molar-refractivity contribution in [3.8, 4) is 0 Å². The van der Waals surface area contributed by atoms with Crippen LogP contribution in [0.4, 0.5) is 0 Å². The fourth-order valence-electron chi connectivity index (χ4n) is 2.61. The van der Waals surface area contributed by atoms with E-state index in [0.29, 0.717) is 6.42 Å². The molecule has 1 aromatic carbocycles. The van der Waals surface area contributed by atoms with Gasteiger partial charge in [0.05, 0.1) is 17.3 Å². The lowest BCUT2D eigenvalue weighted by Gasteiger charge is -2.16. The van der Waals surface area contributed by atoms with Crippen molar-refractivity contribution in [3.63, 3.8) is 0 Å². The fourth-order valence-corrected chi connectivity index (χ4v) is 5.08. The Bertz CT molecular complexity index is 760. The van der Waals surface area contributed by atoms with Gasteiger partial charge in [0.25, 0.3) is 5.91 Å². The van der Waals surface area contributed by atoms with Crippen molar-refractivity contribution in [3.05, 3.63) is 29.3 Å². The summed E-state index contributed by atoms with van der Waals surface area (Å²) < 4.78 is 27.9. The van der Waals surface area contributed by atoms with Crippen LogP contribution in [0.15, 0.2) is 23.1 Å². The normalized spacial score (nSPS) is 20.0. The smallest absolute Gasteiger partial charge is 0.317 e. The second-order valence-corrected chi connectivity index (χ2v) is 9.54. The Morgan fingerprint density at radius 3 is 2.68 bits per heavy atom. The van der Waals surface area contributed by atoms with Crippen LogP contribution < -0.4 is 5.32 Å². The number of hydrogen-bond acceptors (Lipinski definition) is 6. The van der Waals surface area contributed by atoms with E-state index in [1.807, 2.05) is 32.0 Å². The molecule has 1 saturated heterocycles. The van der Waals surface area contributed by atoms with Gasteiger partial charge in [-0.1, -0.05) is 17.7 Å². The lowest BCUT2D eigenvalue weighted by molar-refractivity contribution is -0.152. The van der Waals surface area contributed by atoms with Crippen molar-refractivity contribution in [2.24, 2.45) is 0 Å². The number of amides is 1. The van der Waals surface area contributed by atoms with Crippen LogP contribution in [0.5, 0.6) is 0 Å². The van der Waals surface area contributed by atoms with Crippen molar-refractivity contribution in [2.75, 3.05) is 17.3 Å². The number of rotatable bonds is 6. The number of nitrogens with one attached hydrogen (secondary N) is 1. The molecule has 0 saturated carbocycles. The van der Waals surface area contributed by atoms with Gasteiger partial charge in [-0.25, -0.2) is 8.42 Å². The summed E-state index contributed by atoms with van der Waals surface area (Å²) in [5.74, 6) is -0.807. The van der Waals surface area contributed by atoms with Crippen LogP contribution in [-0.2, 0) is 24.2 Å². The number of thioether (sulfide) groups is 1. The number of carbonyl (C=O) groups is 2. The average Bonchev–Trinajstić information content (AvgIpc) is 2.85. The van der Waals surface area contributed by atoms with Crippen LogP contribution in [0.25, 0.3) is 0 Å². The SMILES string of the molecule is Cc1ccc(SCC(=O)O[C@@H](C)C(=O)N[C@@H]2CCS(=O)(=O)C2)c(C)c1. The predicted molar refractivity (Wildman–Crippen MR) is 97.4 cm³/mol. The maximum Gasteiger partial charge on any atom is 0.317 e. The molecule has 0 aliphatic carbocycles. The molecule has 0 spiro atoms. The van der Waals surface area contributed by atoms with E-state index in [4.69, 9.17) is 4.74 Å². The highest BCUT2D eigenvalue weighted by Gasteiger charge is 2.30. The van der Waals surface area contributed by atoms with E-state index in [2.05, 4.69) is 5.32 Å². The van der Waals surface area contributed by atoms with E-state index in [1.165, 1.54) is 18.7 Å². The largest absolute Gasteiger partial charge is 0.452 e. The topological polar surface area (TPSA) is 89.5 Å². The highest BCUT2D eigenvalue weighted by atomic mass is 32.2. The molecule has 1 aliphatic heterocycles. The molecule has 1 amide bonds. The molecule has 8 heteroatoms. The third kappa shape index (κ3) is 6.04. The zero-order valence-electron chi connectivity index (χ0n) is 14.6. The molecule has 0 unspecified atom stereocenters. The minimum Gasteiger partial charge on any atom is -0.452 e. The quantitative estimate of drug-likeness (QED) is 0.591. The minimum atomic E-state index is -3.06. The van der Waals surface area contributed by atoms with Gasteiger partial charge >= 0.3 is 5.97 Å². The molecule has 1 N–H and O–H groups in total. The summed E-state index contributed by atoms with van der Waals surface area (Å²) in [6.45, 7) is 5.47. The maximum atomic E-state index is 12.0. The molecule has 0 bridgehead atoms. The van der Waals surface area contributed by atoms with Gasteiger partial charge in [0.15, 0.2) is 15.9 Å². The lowest BCUT2D eigenvalue weighted by Crippen LogP contribution is -2.42. The van der Waals surface area contributed by atoms with Gasteiger partial charge in [0.2, 0.25) is 0 Å². The Kier molecular flexibility index (Phi) is 6.51. The van der Waals surface area contributed by atoms with Gasteiger partial charge in [-0.05, 0) is 38.8 Å². The number of aryl methyl sites for hydroxylation is 2. The monoisotopic (exact) mass is 385 g/mol. The van der Waals surface area contributed by atoms with Crippen molar-refractivity contribution in [2.45, 2.75) is 44.2 Å². The van der Waals surface area contributed by atoms with Crippen LogP contribution in [0, 0.1) is 13.8 Å². The van der Waals surface area contributed by atoms with Crippen molar-refractivity contribution < 1.29 is 22.7 Å². The lowest BCUT2D eigenvalue weighted by atomic mass is 10.2. The van der Waals surface area contributed by atoms with E-state index in [1.54, 1.807) is 0 Å². The summed E-state index contributed by atoms with van der Waals surface area (Å²) in [7, 11) is -3.06. The van der Waals surface area contributed by atoms with Crippen LogP contribution in [0.1, 0.15) is 24.5 Å². The second-order valence-electron chi connectivity index (χ2n) is 6.30. The molecular weight excluding hydrogens is 362 g/mol. The summed E-state index contributed by atoms with van der Waals surface area (Å²) in [4.78, 5) is 24.9. The van der Waals surface area contributed by atoms with Crippen molar-refractivity contribution in [1.82, 2.24) is 5.32 Å². The highest BCUT2D eigenvalue weighted by Crippen LogP contribution is 2.23. The van der Waals surface area contributed by atoms with Gasteiger partial charge in [-0.3, -0.25) is 9.59 Å². The molecule has 25 heavy (non-hydrogen) atoms. The first kappa shape index (κ1) is 19.8. The number of esters is 1. The summed E-state index contributed by atoms with van der Waals surface area (Å²) >= 11 is 1.36. The number of sulfone groups is 1. The molecule has 1 fully saturated rings. The first-order valence-corrected chi connectivity index (χ1v) is 10.9. The maximum absolute atomic E-state index is 12.0. The van der Waals surface area contributed by atoms with E-state index >= 15 is 0 Å². The van der Waals surface area contributed by atoms with Crippen molar-refractivity contribution >= 4 is 33.5 Å². The Hall–Kier alpha value is -1.54. The first-order valence-electron chi connectivity index (χ1n) is 8.06. The Morgan fingerprint density at radius 1 is 1.36 bits per heavy atom. The fraction of sp³-hybridized carbons (Fsp3) is 0.529. The molecule has 2 atom stereocenters. The molecule has 1 heterocycles. The third-order valence-electron chi connectivity index (χ3n) is 3.93. The van der Waals surface area contributed by atoms with Crippen LogP contribution >= 0.6 is 11.8 Å². The van der Waals surface area contributed by atoms with E-state index < -0.39 is 33.9 Å². The molecular formula is C17H23NO5S2. The molecule has 0 aromatic heterocycles. The zero-order valence-corrected chi connectivity index (χ0v) is 16.2. The standard InChI is InChI=1S/C17H23NO5S2/c1-11-4-5-15(12(2)8-11)24-9-16(19)23-13(3)17(20)18-14-6-7-25(21,22)10-14/h4-5,8,13-14H,6-7,9-10H2,1-3H3,(H,18,20)/t13-,14+/m0/s1. The van der Waals surface area contributed by atoms with E-state index in [9.17, 15) is 18.0 Å². The highest BCUT2D eigenvalue weighted by molar-refractivity contribution is 8.00. The Balaban J connectivity index is 1.78. The van der Waals surface area contributed by atoms with Gasteiger partial charge in [0, 0.05) is 10.9 Å². The second kappa shape index (κ2) is 8.23. The molecule has 1 aliphatic rings. The summed E-state index contributed by atoms with van der Waals surface area (Å²) in [6, 6.07) is 5.58. The van der Waals surface area contributed by atoms with Crippen LogP contribution in [-0.4, -0.2) is 49.7 Å². The van der Waals surface area contributed by atoms with E-state index in [0.717, 1.165) is 16.0 Å². The Morgan fingerprint density at radius 2 is 2.08 bits per heavy atom. The number of carbonyl (C=O) groups excluding carboxylic acids is 2. The Labute approximate surface area is 152 Å². The van der Waals surface area contributed by atoms with Gasteiger partial charge in [0.1, 0.15) is 0 Å².